The summed E-state index contributed by atoms with van der Waals surface area (Å²) in [4.78, 5) is 10.3. The summed E-state index contributed by atoms with van der Waals surface area (Å²) in [6.07, 6.45) is 8.12. The lowest BCUT2D eigenvalue weighted by Gasteiger charge is -1.98. The predicted octanol–water partition coefficient (Wildman–Crippen LogP) is 6.54. The van der Waals surface area contributed by atoms with Crippen LogP contribution in [0.1, 0.15) is 22.3 Å². The van der Waals surface area contributed by atoms with E-state index in [1.807, 2.05) is 12.2 Å². The minimum absolute atomic E-state index is 0.103. The molecule has 0 aliphatic carbocycles. The van der Waals surface area contributed by atoms with Crippen LogP contribution in [0.4, 0.5) is 5.69 Å². The molecule has 0 spiro atoms. The van der Waals surface area contributed by atoms with Gasteiger partial charge >= 0.3 is 0 Å². The van der Waals surface area contributed by atoms with Crippen LogP contribution in [0.3, 0.4) is 0 Å². The van der Waals surface area contributed by atoms with Crippen LogP contribution in [-0.4, -0.2) is 4.92 Å². The zero-order chi connectivity index (χ0) is 18.4. The molecule has 3 nitrogen and oxygen atoms in total. The summed E-state index contributed by atoms with van der Waals surface area (Å²) < 4.78 is 1.23. The van der Waals surface area contributed by atoms with Gasteiger partial charge in [0.2, 0.25) is 0 Å². The van der Waals surface area contributed by atoms with Crippen molar-refractivity contribution in [2.45, 2.75) is 0 Å². The van der Waals surface area contributed by atoms with E-state index in [9.17, 15) is 10.1 Å². The van der Waals surface area contributed by atoms with E-state index in [2.05, 4.69) is 83.3 Å². The summed E-state index contributed by atoms with van der Waals surface area (Å²) in [7, 11) is 0. The maximum absolute atomic E-state index is 10.7. The normalized spacial score (nSPS) is 11.3. The van der Waals surface area contributed by atoms with Gasteiger partial charge in [-0.3, -0.25) is 10.1 Å². The zero-order valence-electron chi connectivity index (χ0n) is 13.9. The first-order valence-corrected chi connectivity index (χ1v) is 9.14. The molecule has 0 atom stereocenters. The molecule has 0 heterocycles. The average molecular weight is 453 g/mol. The van der Waals surface area contributed by atoms with E-state index in [1.54, 1.807) is 12.1 Å². The number of non-ortho nitro benzene ring substituents is 1. The summed E-state index contributed by atoms with van der Waals surface area (Å²) in [5.41, 5.74) is 4.42. The Kier molecular flexibility index (Phi) is 5.96. The van der Waals surface area contributed by atoms with E-state index in [4.69, 9.17) is 0 Å². The highest BCUT2D eigenvalue weighted by molar-refractivity contribution is 14.1. The molecule has 3 aromatic rings. The molecule has 0 N–H and O–H groups in total. The number of nitrogens with zero attached hydrogens (tertiary/aromatic N) is 1. The second-order valence-corrected chi connectivity index (χ2v) is 6.98. The minimum atomic E-state index is -0.393. The van der Waals surface area contributed by atoms with Crippen molar-refractivity contribution in [3.8, 4) is 0 Å². The molecule has 0 aromatic heterocycles. The van der Waals surface area contributed by atoms with Gasteiger partial charge in [-0.05, 0) is 69.1 Å². The average Bonchev–Trinajstić information content (AvgIpc) is 2.67. The Morgan fingerprint density at radius 3 is 1.27 bits per heavy atom. The van der Waals surface area contributed by atoms with Crippen LogP contribution in [0.5, 0.6) is 0 Å². The molecule has 0 fully saturated rings. The fourth-order valence-corrected chi connectivity index (χ4v) is 2.74. The molecule has 0 aliphatic rings. The van der Waals surface area contributed by atoms with Gasteiger partial charge in [-0.25, -0.2) is 0 Å². The van der Waals surface area contributed by atoms with Crippen LogP contribution in [0.25, 0.3) is 24.3 Å². The number of rotatable bonds is 5. The molecule has 0 bridgehead atoms. The quantitative estimate of drug-likeness (QED) is 0.191. The fourth-order valence-electron chi connectivity index (χ4n) is 2.38. The molecule has 26 heavy (non-hydrogen) atoms. The molecular formula is C22H16INO2. The van der Waals surface area contributed by atoms with Crippen LogP contribution in [0.15, 0.2) is 72.8 Å². The third kappa shape index (κ3) is 5.13. The van der Waals surface area contributed by atoms with Gasteiger partial charge in [0, 0.05) is 15.7 Å². The number of halogens is 1. The molecule has 0 saturated heterocycles. The van der Waals surface area contributed by atoms with Crippen molar-refractivity contribution in [1.29, 1.82) is 0 Å². The third-order valence-corrected chi connectivity index (χ3v) is 4.57. The highest BCUT2D eigenvalue weighted by Crippen LogP contribution is 2.16. The molecular weight excluding hydrogens is 437 g/mol. The maximum atomic E-state index is 10.7. The van der Waals surface area contributed by atoms with Gasteiger partial charge in [-0.1, -0.05) is 60.7 Å². The van der Waals surface area contributed by atoms with Crippen LogP contribution < -0.4 is 0 Å². The van der Waals surface area contributed by atoms with Crippen LogP contribution in [0.2, 0.25) is 0 Å². The number of nitro benzene ring substituents is 1. The van der Waals surface area contributed by atoms with Crippen LogP contribution >= 0.6 is 22.6 Å². The number of hydrogen-bond donors (Lipinski definition) is 0. The Labute approximate surface area is 166 Å². The van der Waals surface area contributed by atoms with Crippen molar-refractivity contribution in [3.63, 3.8) is 0 Å². The first-order valence-electron chi connectivity index (χ1n) is 8.06. The lowest BCUT2D eigenvalue weighted by atomic mass is 10.1. The van der Waals surface area contributed by atoms with Gasteiger partial charge in [0.25, 0.3) is 5.69 Å². The van der Waals surface area contributed by atoms with Crippen LogP contribution in [-0.2, 0) is 0 Å². The summed E-state index contributed by atoms with van der Waals surface area (Å²) >= 11 is 2.30. The molecule has 3 rings (SSSR count). The summed E-state index contributed by atoms with van der Waals surface area (Å²) in [5.74, 6) is 0. The number of hydrogen-bond acceptors (Lipinski definition) is 2. The Balaban J connectivity index is 1.65. The Morgan fingerprint density at radius 1 is 0.615 bits per heavy atom. The Bertz CT molecular complexity index is 941. The smallest absolute Gasteiger partial charge is 0.258 e. The van der Waals surface area contributed by atoms with E-state index in [1.165, 1.54) is 21.3 Å². The number of nitro groups is 1. The maximum Gasteiger partial charge on any atom is 0.269 e. The van der Waals surface area contributed by atoms with E-state index >= 15 is 0 Å². The minimum Gasteiger partial charge on any atom is -0.258 e. The Hall–Kier alpha value is -2.73. The molecule has 0 unspecified atom stereocenters. The fraction of sp³-hybridized carbons (Fsp3) is 0. The predicted molar refractivity (Wildman–Crippen MR) is 117 cm³/mol. The number of benzene rings is 3. The van der Waals surface area contributed by atoms with E-state index in [0.717, 1.165) is 16.7 Å². The van der Waals surface area contributed by atoms with Gasteiger partial charge in [-0.2, -0.15) is 0 Å². The molecule has 0 amide bonds. The van der Waals surface area contributed by atoms with Crippen LogP contribution in [0, 0.1) is 13.7 Å². The van der Waals surface area contributed by atoms with Gasteiger partial charge in [0.05, 0.1) is 4.92 Å². The monoisotopic (exact) mass is 453 g/mol. The van der Waals surface area contributed by atoms with Crippen molar-refractivity contribution in [3.05, 3.63) is 109 Å². The molecule has 128 valence electrons. The molecule has 0 radical (unpaired) electrons. The highest BCUT2D eigenvalue weighted by Gasteiger charge is 2.02. The standard InChI is InChI=1S/C22H16INO2/c23-21-13-9-19(10-14-21)7-5-17-1-3-18(4-2-17)6-8-20-11-15-22(16-12-20)24(25)26/h1-16H/b7-5+,8-6+. The van der Waals surface area contributed by atoms with E-state index < -0.39 is 4.92 Å². The highest BCUT2D eigenvalue weighted by atomic mass is 127. The lowest BCUT2D eigenvalue weighted by molar-refractivity contribution is -0.384. The third-order valence-electron chi connectivity index (χ3n) is 3.85. The van der Waals surface area contributed by atoms with E-state index in [-0.39, 0.29) is 5.69 Å². The lowest BCUT2D eigenvalue weighted by Crippen LogP contribution is -1.86. The van der Waals surface area contributed by atoms with Crippen molar-refractivity contribution < 1.29 is 4.92 Å². The second kappa shape index (κ2) is 8.58. The van der Waals surface area contributed by atoms with Gasteiger partial charge in [0.15, 0.2) is 0 Å². The summed E-state index contributed by atoms with van der Waals surface area (Å²) in [6, 6.07) is 23.1. The first kappa shape index (κ1) is 18.1. The van der Waals surface area contributed by atoms with Gasteiger partial charge < -0.3 is 0 Å². The molecule has 4 heteroatoms. The first-order chi connectivity index (χ1) is 12.6. The summed E-state index contributed by atoms with van der Waals surface area (Å²) in [6.45, 7) is 0. The molecule has 0 saturated carbocycles. The van der Waals surface area contributed by atoms with Gasteiger partial charge in [0.1, 0.15) is 0 Å². The summed E-state index contributed by atoms with van der Waals surface area (Å²) in [5, 5.41) is 10.7. The van der Waals surface area contributed by atoms with Crippen molar-refractivity contribution >= 4 is 52.6 Å². The van der Waals surface area contributed by atoms with Gasteiger partial charge in [-0.15, -0.1) is 0 Å². The Morgan fingerprint density at radius 2 is 0.923 bits per heavy atom. The zero-order valence-corrected chi connectivity index (χ0v) is 16.0. The SMILES string of the molecule is O=[N+]([O-])c1ccc(/C=C/c2ccc(/C=C/c3ccc(I)cc3)cc2)cc1. The van der Waals surface area contributed by atoms with Crippen molar-refractivity contribution in [2.24, 2.45) is 0 Å². The molecule has 0 aliphatic heterocycles. The van der Waals surface area contributed by atoms with E-state index in [0.29, 0.717) is 0 Å². The van der Waals surface area contributed by atoms with Crippen molar-refractivity contribution in [2.75, 3.05) is 0 Å². The largest absolute Gasteiger partial charge is 0.269 e. The molecule has 3 aromatic carbocycles. The van der Waals surface area contributed by atoms with Crippen molar-refractivity contribution in [1.82, 2.24) is 0 Å². The second-order valence-electron chi connectivity index (χ2n) is 5.73. The topological polar surface area (TPSA) is 43.1 Å².